The Bertz CT molecular complexity index is 730. The second-order valence-corrected chi connectivity index (χ2v) is 8.26. The zero-order valence-electron chi connectivity index (χ0n) is 17.7. The van der Waals surface area contributed by atoms with Crippen molar-refractivity contribution < 1.29 is 23.7 Å². The monoisotopic (exact) mass is 389 g/mol. The molecule has 0 aromatic heterocycles. The molecule has 2 rings (SSSR count). The number of carbonyl (C=O) groups excluding carboxylic acids is 1. The summed E-state index contributed by atoms with van der Waals surface area (Å²) < 4.78 is 22.0. The first kappa shape index (κ1) is 21.8. The lowest BCUT2D eigenvalue weighted by Gasteiger charge is -2.35. The molecular formula is C22H31NO5. The Morgan fingerprint density at radius 1 is 1.21 bits per heavy atom. The standard InChI is InChI=1S/C22H31NO5/c1-15(25-8)16(2)27-19-11-9-17(10-12-19)13-18-14-26-22(6,7)23(18)20(24)28-21(3,4)5/h9-12,18H,1-2,13-14H2,3-8H3/t18-/m0/s1. The predicted molar refractivity (Wildman–Crippen MR) is 108 cm³/mol. The highest BCUT2D eigenvalue weighted by atomic mass is 16.6. The van der Waals surface area contributed by atoms with E-state index in [0.29, 0.717) is 30.3 Å². The summed E-state index contributed by atoms with van der Waals surface area (Å²) in [6.45, 7) is 17.3. The summed E-state index contributed by atoms with van der Waals surface area (Å²) >= 11 is 0. The van der Waals surface area contributed by atoms with Gasteiger partial charge in [-0.25, -0.2) is 4.79 Å². The number of ether oxygens (including phenoxy) is 4. The normalized spacial score (nSPS) is 18.5. The van der Waals surface area contributed by atoms with Crippen LogP contribution in [0.5, 0.6) is 5.75 Å². The molecule has 0 bridgehead atoms. The van der Waals surface area contributed by atoms with Gasteiger partial charge in [0.2, 0.25) is 0 Å². The zero-order chi connectivity index (χ0) is 21.1. The average Bonchev–Trinajstić information content (AvgIpc) is 2.88. The lowest BCUT2D eigenvalue weighted by atomic mass is 10.0. The highest BCUT2D eigenvalue weighted by Crippen LogP contribution is 2.31. The SMILES string of the molecule is C=C(OC)C(=C)Oc1ccc(C[C@H]2COC(C)(C)N2C(=O)OC(C)(C)C)cc1. The number of hydrogen-bond donors (Lipinski definition) is 0. The van der Waals surface area contributed by atoms with Crippen LogP contribution in [0, 0.1) is 0 Å². The fourth-order valence-corrected chi connectivity index (χ4v) is 2.99. The highest BCUT2D eigenvalue weighted by Gasteiger charge is 2.45. The van der Waals surface area contributed by atoms with E-state index in [1.54, 1.807) is 4.90 Å². The third kappa shape index (κ3) is 5.52. The van der Waals surface area contributed by atoms with Crippen LogP contribution in [0.25, 0.3) is 0 Å². The molecule has 1 amide bonds. The Labute approximate surface area is 167 Å². The summed E-state index contributed by atoms with van der Waals surface area (Å²) in [4.78, 5) is 14.4. The average molecular weight is 389 g/mol. The molecule has 28 heavy (non-hydrogen) atoms. The van der Waals surface area contributed by atoms with Crippen molar-refractivity contribution in [2.75, 3.05) is 13.7 Å². The number of amides is 1. The molecule has 0 radical (unpaired) electrons. The Morgan fingerprint density at radius 3 is 2.36 bits per heavy atom. The first-order valence-corrected chi connectivity index (χ1v) is 9.28. The molecule has 1 aliphatic rings. The maximum absolute atomic E-state index is 12.7. The Kier molecular flexibility index (Phi) is 6.44. The van der Waals surface area contributed by atoms with Gasteiger partial charge in [0.1, 0.15) is 17.1 Å². The minimum absolute atomic E-state index is 0.111. The number of nitrogens with zero attached hydrogens (tertiary/aromatic N) is 1. The highest BCUT2D eigenvalue weighted by molar-refractivity contribution is 5.69. The van der Waals surface area contributed by atoms with Gasteiger partial charge in [0.15, 0.2) is 11.5 Å². The quantitative estimate of drug-likeness (QED) is 0.523. The number of methoxy groups -OCH3 is 1. The molecule has 1 aliphatic heterocycles. The van der Waals surface area contributed by atoms with Gasteiger partial charge in [-0.15, -0.1) is 0 Å². The van der Waals surface area contributed by atoms with Crippen molar-refractivity contribution in [1.29, 1.82) is 0 Å². The summed E-state index contributed by atoms with van der Waals surface area (Å²) in [5, 5.41) is 0. The van der Waals surface area contributed by atoms with Gasteiger partial charge in [-0.1, -0.05) is 25.3 Å². The van der Waals surface area contributed by atoms with Crippen LogP contribution in [0.2, 0.25) is 0 Å². The minimum atomic E-state index is -0.714. The van der Waals surface area contributed by atoms with E-state index in [9.17, 15) is 4.79 Å². The summed E-state index contributed by atoms with van der Waals surface area (Å²) in [6.07, 6.45) is 0.281. The largest absolute Gasteiger partial charge is 0.493 e. The van der Waals surface area contributed by atoms with Crippen LogP contribution >= 0.6 is 0 Å². The molecule has 0 saturated carbocycles. The zero-order valence-corrected chi connectivity index (χ0v) is 17.7. The topological polar surface area (TPSA) is 57.2 Å². The van der Waals surface area contributed by atoms with E-state index in [4.69, 9.17) is 18.9 Å². The van der Waals surface area contributed by atoms with E-state index < -0.39 is 11.3 Å². The van der Waals surface area contributed by atoms with Crippen molar-refractivity contribution in [3.8, 4) is 5.75 Å². The van der Waals surface area contributed by atoms with Crippen LogP contribution in [0.1, 0.15) is 40.2 Å². The van der Waals surface area contributed by atoms with Gasteiger partial charge < -0.3 is 18.9 Å². The van der Waals surface area contributed by atoms with Gasteiger partial charge in [0.05, 0.1) is 19.8 Å². The molecule has 0 spiro atoms. The molecule has 1 fully saturated rings. The Balaban J connectivity index is 2.08. The van der Waals surface area contributed by atoms with Crippen molar-refractivity contribution in [1.82, 2.24) is 4.90 Å². The summed E-state index contributed by atoms with van der Waals surface area (Å²) in [7, 11) is 1.52. The van der Waals surface area contributed by atoms with Gasteiger partial charge >= 0.3 is 6.09 Å². The molecule has 154 valence electrons. The van der Waals surface area contributed by atoms with Crippen molar-refractivity contribution in [3.63, 3.8) is 0 Å². The number of benzene rings is 1. The van der Waals surface area contributed by atoms with E-state index in [1.165, 1.54) is 7.11 Å². The molecular weight excluding hydrogens is 358 g/mol. The fraction of sp³-hybridized carbons (Fsp3) is 0.500. The van der Waals surface area contributed by atoms with Crippen LogP contribution in [0.3, 0.4) is 0 Å². The third-order valence-corrected chi connectivity index (χ3v) is 4.36. The molecule has 0 aliphatic carbocycles. The van der Waals surface area contributed by atoms with Gasteiger partial charge in [-0.2, -0.15) is 0 Å². The first-order valence-electron chi connectivity index (χ1n) is 9.28. The van der Waals surface area contributed by atoms with Crippen molar-refractivity contribution in [2.24, 2.45) is 0 Å². The molecule has 0 unspecified atom stereocenters. The van der Waals surface area contributed by atoms with Crippen LogP contribution < -0.4 is 4.74 Å². The number of carbonyl (C=O) groups is 1. The summed E-state index contributed by atoms with van der Waals surface area (Å²) in [5.74, 6) is 1.37. The van der Waals surface area contributed by atoms with Gasteiger partial charge in [-0.05, 0) is 58.7 Å². The molecule has 1 aromatic rings. The minimum Gasteiger partial charge on any atom is -0.493 e. The van der Waals surface area contributed by atoms with Crippen molar-refractivity contribution in [2.45, 2.75) is 58.4 Å². The molecule has 1 aromatic carbocycles. The first-order chi connectivity index (χ1) is 12.9. The maximum atomic E-state index is 12.7. The van der Waals surface area contributed by atoms with Crippen molar-refractivity contribution in [3.05, 3.63) is 54.5 Å². The van der Waals surface area contributed by atoms with Crippen molar-refractivity contribution >= 4 is 6.09 Å². The van der Waals surface area contributed by atoms with Crippen LogP contribution in [-0.4, -0.2) is 42.1 Å². The summed E-state index contributed by atoms with van der Waals surface area (Å²) in [5.41, 5.74) is -0.217. The van der Waals surface area contributed by atoms with Gasteiger partial charge in [0, 0.05) is 0 Å². The molecule has 1 saturated heterocycles. The van der Waals surface area contributed by atoms with E-state index in [2.05, 4.69) is 13.2 Å². The predicted octanol–water partition coefficient (Wildman–Crippen LogP) is 4.65. The van der Waals surface area contributed by atoms with E-state index in [-0.39, 0.29) is 12.1 Å². The Morgan fingerprint density at radius 2 is 1.82 bits per heavy atom. The second-order valence-electron chi connectivity index (χ2n) is 8.26. The van der Waals surface area contributed by atoms with E-state index in [1.807, 2.05) is 58.9 Å². The van der Waals surface area contributed by atoms with Gasteiger partial charge in [0.25, 0.3) is 0 Å². The molecule has 6 nitrogen and oxygen atoms in total. The smallest absolute Gasteiger partial charge is 0.412 e. The van der Waals surface area contributed by atoms with Gasteiger partial charge in [-0.3, -0.25) is 4.90 Å². The Hall–Kier alpha value is -2.47. The van der Waals surface area contributed by atoms with Crippen LogP contribution in [0.4, 0.5) is 4.79 Å². The summed E-state index contributed by atoms with van der Waals surface area (Å²) in [6, 6.07) is 7.50. The lowest BCUT2D eigenvalue weighted by Crippen LogP contribution is -2.50. The van der Waals surface area contributed by atoms with Crippen LogP contribution in [0.15, 0.2) is 48.9 Å². The molecule has 6 heteroatoms. The third-order valence-electron chi connectivity index (χ3n) is 4.36. The molecule has 1 atom stereocenters. The maximum Gasteiger partial charge on any atom is 0.412 e. The molecule has 0 N–H and O–H groups in total. The van der Waals surface area contributed by atoms with Crippen LogP contribution in [-0.2, 0) is 20.6 Å². The number of rotatable bonds is 6. The fourth-order valence-electron chi connectivity index (χ4n) is 2.99. The lowest BCUT2D eigenvalue weighted by molar-refractivity contribution is -0.0624. The number of hydrogen-bond acceptors (Lipinski definition) is 5. The molecule has 1 heterocycles. The second kappa shape index (κ2) is 8.27. The van der Waals surface area contributed by atoms with E-state index in [0.717, 1.165) is 5.56 Å². The van der Waals surface area contributed by atoms with E-state index >= 15 is 0 Å².